The molecule has 1 heterocycles. The van der Waals surface area contributed by atoms with Gasteiger partial charge >= 0.3 is 5.97 Å². The molecule has 2 rings (SSSR count). The summed E-state index contributed by atoms with van der Waals surface area (Å²) in [6.45, 7) is 0. The summed E-state index contributed by atoms with van der Waals surface area (Å²) in [5.41, 5.74) is 1.52. The molecule has 1 saturated carbocycles. The molecule has 4 heteroatoms. The Bertz CT molecular complexity index is 399. The maximum absolute atomic E-state index is 11.5. The van der Waals surface area contributed by atoms with E-state index in [1.165, 1.54) is 33.5 Å². The summed E-state index contributed by atoms with van der Waals surface area (Å²) in [5, 5.41) is 0. The van der Waals surface area contributed by atoms with Gasteiger partial charge < -0.3 is 9.47 Å². The van der Waals surface area contributed by atoms with Crippen molar-refractivity contribution in [2.75, 3.05) is 14.2 Å². The topological polar surface area (TPSA) is 48.4 Å². The van der Waals surface area contributed by atoms with E-state index in [0.29, 0.717) is 17.4 Å². The summed E-state index contributed by atoms with van der Waals surface area (Å²) in [6, 6.07) is 1.83. The number of esters is 1. The second-order valence-electron chi connectivity index (χ2n) is 3.94. The number of pyridine rings is 1. The second-order valence-corrected chi connectivity index (χ2v) is 3.94. The van der Waals surface area contributed by atoms with Crippen LogP contribution in [0.15, 0.2) is 12.3 Å². The van der Waals surface area contributed by atoms with Crippen LogP contribution in [0.25, 0.3) is 0 Å². The molecule has 1 aliphatic rings. The predicted octanol–water partition coefficient (Wildman–Crippen LogP) is 2.14. The highest BCUT2D eigenvalue weighted by Crippen LogP contribution is 2.37. The minimum absolute atomic E-state index is 0.329. The Balaban J connectivity index is 2.33. The number of ether oxygens (including phenoxy) is 2. The fourth-order valence-electron chi connectivity index (χ4n) is 1.85. The molecule has 0 bridgehead atoms. The fraction of sp³-hybridized carbons (Fsp3) is 0.500. The highest BCUT2D eigenvalue weighted by molar-refractivity contribution is 5.92. The summed E-state index contributed by atoms with van der Waals surface area (Å²) in [7, 11) is 2.86. The van der Waals surface area contributed by atoms with Gasteiger partial charge in [0.05, 0.1) is 14.2 Å². The number of aromatic nitrogens is 1. The van der Waals surface area contributed by atoms with Gasteiger partial charge in [-0.05, 0) is 30.4 Å². The quantitative estimate of drug-likeness (QED) is 0.734. The van der Waals surface area contributed by atoms with Crippen molar-refractivity contribution in [1.82, 2.24) is 4.98 Å². The molecule has 0 saturated heterocycles. The molecule has 1 aromatic rings. The Morgan fingerprint density at radius 2 is 2.19 bits per heavy atom. The number of carbonyl (C=O) groups is 1. The van der Waals surface area contributed by atoms with Gasteiger partial charge in [-0.1, -0.05) is 6.42 Å². The van der Waals surface area contributed by atoms with Gasteiger partial charge in [0.1, 0.15) is 5.56 Å². The van der Waals surface area contributed by atoms with Gasteiger partial charge in [0.15, 0.2) is 0 Å². The minimum Gasteiger partial charge on any atom is -0.480 e. The Morgan fingerprint density at radius 3 is 2.69 bits per heavy atom. The van der Waals surface area contributed by atoms with E-state index in [9.17, 15) is 4.79 Å². The lowest BCUT2D eigenvalue weighted by molar-refractivity contribution is 0.0596. The minimum atomic E-state index is -0.398. The van der Waals surface area contributed by atoms with Crippen LogP contribution in [0.2, 0.25) is 0 Å². The second kappa shape index (κ2) is 4.51. The molecule has 16 heavy (non-hydrogen) atoms. The molecule has 1 fully saturated rings. The third-order valence-electron chi connectivity index (χ3n) is 3.05. The SMILES string of the molecule is COC(=O)c1cc(C2CCC2)cnc1OC. The molecule has 0 atom stereocenters. The van der Waals surface area contributed by atoms with E-state index in [1.54, 1.807) is 6.20 Å². The molecule has 0 radical (unpaired) electrons. The molecule has 0 aromatic carbocycles. The van der Waals surface area contributed by atoms with E-state index in [1.807, 2.05) is 6.07 Å². The van der Waals surface area contributed by atoms with Gasteiger partial charge in [0, 0.05) is 6.20 Å². The predicted molar refractivity (Wildman–Crippen MR) is 58.7 cm³/mol. The van der Waals surface area contributed by atoms with Crippen LogP contribution in [0.5, 0.6) is 5.88 Å². The summed E-state index contributed by atoms with van der Waals surface area (Å²) in [4.78, 5) is 15.7. The number of nitrogens with zero attached hydrogens (tertiary/aromatic N) is 1. The molecule has 0 spiro atoms. The van der Waals surface area contributed by atoms with Crippen molar-refractivity contribution < 1.29 is 14.3 Å². The van der Waals surface area contributed by atoms with E-state index >= 15 is 0 Å². The van der Waals surface area contributed by atoms with Crippen molar-refractivity contribution in [2.24, 2.45) is 0 Å². The van der Waals surface area contributed by atoms with Crippen molar-refractivity contribution >= 4 is 5.97 Å². The average Bonchev–Trinajstić information content (AvgIpc) is 2.25. The molecule has 4 nitrogen and oxygen atoms in total. The first-order valence-electron chi connectivity index (χ1n) is 5.38. The van der Waals surface area contributed by atoms with Gasteiger partial charge in [-0.3, -0.25) is 0 Å². The number of rotatable bonds is 3. The van der Waals surface area contributed by atoms with Gasteiger partial charge in [0.25, 0.3) is 0 Å². The van der Waals surface area contributed by atoms with Gasteiger partial charge in [-0.25, -0.2) is 9.78 Å². The zero-order valence-electron chi connectivity index (χ0n) is 9.53. The number of hydrogen-bond acceptors (Lipinski definition) is 4. The zero-order chi connectivity index (χ0) is 11.5. The van der Waals surface area contributed by atoms with Gasteiger partial charge in [-0.15, -0.1) is 0 Å². The van der Waals surface area contributed by atoms with Gasteiger partial charge in [-0.2, -0.15) is 0 Å². The lowest BCUT2D eigenvalue weighted by Gasteiger charge is -2.25. The molecule has 1 aliphatic carbocycles. The highest BCUT2D eigenvalue weighted by atomic mass is 16.5. The molecule has 0 unspecified atom stereocenters. The fourth-order valence-corrected chi connectivity index (χ4v) is 1.85. The van der Waals surface area contributed by atoms with Crippen LogP contribution < -0.4 is 4.74 Å². The van der Waals surface area contributed by atoms with Crippen LogP contribution >= 0.6 is 0 Å². The van der Waals surface area contributed by atoms with Crippen LogP contribution in [0.4, 0.5) is 0 Å². The summed E-state index contributed by atoms with van der Waals surface area (Å²) in [5.74, 6) is 0.474. The van der Waals surface area contributed by atoms with E-state index in [2.05, 4.69) is 4.98 Å². The first kappa shape index (κ1) is 10.9. The van der Waals surface area contributed by atoms with E-state index in [0.717, 1.165) is 5.56 Å². The van der Waals surface area contributed by atoms with Crippen LogP contribution in [0, 0.1) is 0 Å². The molecule has 0 N–H and O–H groups in total. The van der Waals surface area contributed by atoms with Crippen molar-refractivity contribution in [3.05, 3.63) is 23.4 Å². The molecule has 86 valence electrons. The lowest BCUT2D eigenvalue weighted by atomic mass is 9.80. The van der Waals surface area contributed by atoms with E-state index < -0.39 is 5.97 Å². The van der Waals surface area contributed by atoms with Crippen molar-refractivity contribution in [3.63, 3.8) is 0 Å². The number of hydrogen-bond donors (Lipinski definition) is 0. The zero-order valence-corrected chi connectivity index (χ0v) is 9.53. The molecule has 0 amide bonds. The van der Waals surface area contributed by atoms with Crippen molar-refractivity contribution in [1.29, 1.82) is 0 Å². The normalized spacial score (nSPS) is 15.4. The maximum atomic E-state index is 11.5. The Labute approximate surface area is 94.6 Å². The third kappa shape index (κ3) is 1.87. The van der Waals surface area contributed by atoms with Crippen LogP contribution in [-0.4, -0.2) is 25.2 Å². The Kier molecular flexibility index (Phi) is 3.08. The summed E-state index contributed by atoms with van der Waals surface area (Å²) >= 11 is 0. The summed E-state index contributed by atoms with van der Waals surface area (Å²) < 4.78 is 9.75. The Hall–Kier alpha value is -1.58. The molecule has 0 aliphatic heterocycles. The van der Waals surface area contributed by atoms with Gasteiger partial charge in [0.2, 0.25) is 5.88 Å². The van der Waals surface area contributed by atoms with E-state index in [4.69, 9.17) is 9.47 Å². The van der Waals surface area contributed by atoms with Crippen LogP contribution in [0.3, 0.4) is 0 Å². The molecular formula is C12H15NO3. The van der Waals surface area contributed by atoms with Crippen molar-refractivity contribution in [2.45, 2.75) is 25.2 Å². The van der Waals surface area contributed by atoms with E-state index in [-0.39, 0.29) is 0 Å². The average molecular weight is 221 g/mol. The first-order chi connectivity index (χ1) is 7.76. The largest absolute Gasteiger partial charge is 0.480 e. The standard InChI is InChI=1S/C12H15NO3/c1-15-11-10(12(14)16-2)6-9(7-13-11)8-4-3-5-8/h6-8H,3-5H2,1-2H3. The lowest BCUT2D eigenvalue weighted by Crippen LogP contribution is -2.12. The summed E-state index contributed by atoms with van der Waals surface area (Å²) in [6.07, 6.45) is 5.39. The molecule has 1 aromatic heterocycles. The van der Waals surface area contributed by atoms with Crippen LogP contribution in [-0.2, 0) is 4.74 Å². The molecular weight excluding hydrogens is 206 g/mol. The Morgan fingerprint density at radius 1 is 1.44 bits per heavy atom. The number of carbonyl (C=O) groups excluding carboxylic acids is 1. The maximum Gasteiger partial charge on any atom is 0.343 e. The first-order valence-corrected chi connectivity index (χ1v) is 5.38. The number of methoxy groups -OCH3 is 2. The smallest absolute Gasteiger partial charge is 0.343 e. The highest BCUT2D eigenvalue weighted by Gasteiger charge is 2.23. The van der Waals surface area contributed by atoms with Crippen LogP contribution in [0.1, 0.15) is 41.1 Å². The third-order valence-corrected chi connectivity index (χ3v) is 3.05. The van der Waals surface area contributed by atoms with Crippen molar-refractivity contribution in [3.8, 4) is 5.88 Å². The monoisotopic (exact) mass is 221 g/mol.